The number of ketones is 1. The van der Waals surface area contributed by atoms with Crippen molar-refractivity contribution < 1.29 is 9.53 Å². The van der Waals surface area contributed by atoms with Crippen LogP contribution in [0.5, 0.6) is 0 Å². The molecule has 1 atom stereocenters. The number of aromatic nitrogens is 2. The van der Waals surface area contributed by atoms with Crippen molar-refractivity contribution in [3.63, 3.8) is 0 Å². The van der Waals surface area contributed by atoms with Gasteiger partial charge in [-0.1, -0.05) is 188 Å². The van der Waals surface area contributed by atoms with E-state index < -0.39 is 10.8 Å². The number of carbonyl (C=O) groups excluding carboxylic acids is 1. The zero-order chi connectivity index (χ0) is 52.9. The molecule has 5 aliphatic carbocycles. The Morgan fingerprint density at radius 1 is 0.395 bits per heavy atom. The average Bonchev–Trinajstić information content (AvgIpc) is 4.04. The first-order valence-corrected chi connectivity index (χ1v) is 28.6. The molecule has 11 aromatic carbocycles. The first kappa shape index (κ1) is 44.0. The Morgan fingerprint density at radius 2 is 0.802 bits per heavy atom. The number of carbonyl (C=O) groups is 1. The molecule has 0 bridgehead atoms. The fourth-order valence-corrected chi connectivity index (χ4v) is 16.2. The zero-order valence-corrected chi connectivity index (χ0v) is 44.1. The Morgan fingerprint density at radius 3 is 1.32 bits per heavy atom. The molecule has 0 amide bonds. The van der Waals surface area contributed by atoms with Crippen molar-refractivity contribution in [1.29, 1.82) is 0 Å². The molecule has 1 saturated heterocycles. The maximum Gasteiger partial charge on any atom is 0.193 e. The average molecular weight is 1030 g/mol. The highest BCUT2D eigenvalue weighted by Crippen LogP contribution is 2.66. The molecule has 4 nitrogen and oxygen atoms in total. The largest absolute Gasteiger partial charge is 0.368 e. The molecule has 2 spiro atoms. The fraction of sp³-hybridized carbons (Fsp3) is 0.0779. The van der Waals surface area contributed by atoms with Crippen LogP contribution < -0.4 is 0 Å². The standard InChI is InChI=1S/C77H48N2O2/c80-75(46-31-36-55-54-34-29-45(74-44-81-74)39-65(54)76(66(55)40-46)62-22-8-1-15-50(62)51-16-2-9-23-63(51)76)47-30-35-53-52-17-3-10-24-64(52)77(67(53)41-47)68-42-48(78-70-25-11-4-18-58(70)59-19-5-12-26-71(59)78)32-37-56(68)57-38-33-49(43-69(57)77)79-72-27-13-6-20-60(72)61-21-7-14-28-73(61)79/h1-2,4-16,18-43,74H,3,17,44H2. The van der Waals surface area contributed by atoms with Gasteiger partial charge in [-0.05, 0) is 168 Å². The second-order valence-corrected chi connectivity index (χ2v) is 23.1. The van der Waals surface area contributed by atoms with E-state index in [9.17, 15) is 0 Å². The van der Waals surface area contributed by atoms with Gasteiger partial charge in [-0.25, -0.2) is 0 Å². The molecule has 1 fully saturated rings. The summed E-state index contributed by atoms with van der Waals surface area (Å²) >= 11 is 0. The van der Waals surface area contributed by atoms with E-state index in [4.69, 9.17) is 4.74 Å². The third kappa shape index (κ3) is 5.51. The number of rotatable bonds is 5. The summed E-state index contributed by atoms with van der Waals surface area (Å²) < 4.78 is 10.8. The molecule has 3 heterocycles. The highest BCUT2D eigenvalue weighted by atomic mass is 16.6. The van der Waals surface area contributed by atoms with Crippen LogP contribution in [-0.2, 0) is 15.6 Å². The molecule has 2 aromatic heterocycles. The van der Waals surface area contributed by atoms with Gasteiger partial charge < -0.3 is 13.9 Å². The number of allylic oxidation sites excluding steroid dienone is 4. The van der Waals surface area contributed by atoms with E-state index in [-0.39, 0.29) is 11.9 Å². The van der Waals surface area contributed by atoms with Crippen molar-refractivity contribution in [1.82, 2.24) is 9.13 Å². The molecule has 81 heavy (non-hydrogen) atoms. The maximum absolute atomic E-state index is 16.0. The smallest absolute Gasteiger partial charge is 0.193 e. The molecule has 0 N–H and O–H groups in total. The number of nitrogens with zero attached hydrogens (tertiary/aromatic N) is 2. The van der Waals surface area contributed by atoms with E-state index >= 15 is 4.79 Å². The Balaban J connectivity index is 0.847. The first-order valence-electron chi connectivity index (χ1n) is 28.6. The van der Waals surface area contributed by atoms with Crippen LogP contribution in [0.15, 0.2) is 254 Å². The number of hydrogen-bond acceptors (Lipinski definition) is 2. The van der Waals surface area contributed by atoms with Crippen molar-refractivity contribution >= 4 is 55.0 Å². The summed E-state index contributed by atoms with van der Waals surface area (Å²) in [6.07, 6.45) is 6.79. The van der Waals surface area contributed by atoms with Gasteiger partial charge in [0.2, 0.25) is 0 Å². The Hall–Kier alpha value is -9.87. The molecule has 13 aromatic rings. The number of benzene rings is 11. The van der Waals surface area contributed by atoms with Crippen LogP contribution in [0.4, 0.5) is 0 Å². The van der Waals surface area contributed by atoms with Crippen molar-refractivity contribution in [3.05, 3.63) is 316 Å². The van der Waals surface area contributed by atoms with Crippen LogP contribution >= 0.6 is 0 Å². The number of hydrogen-bond donors (Lipinski definition) is 0. The predicted octanol–water partition coefficient (Wildman–Crippen LogP) is 18.0. The monoisotopic (exact) mass is 1030 g/mol. The number of para-hydroxylation sites is 4. The van der Waals surface area contributed by atoms with Gasteiger partial charge in [0.25, 0.3) is 0 Å². The SMILES string of the molecule is O=C(c1ccc2c(c1)C1(C3=C2CCC=C3)c2cc(-n3c4ccccc4c4ccccc43)ccc2-c2ccc(-n3c4ccccc4c4ccccc43)cc21)c1ccc2c(c1)C1(c3ccccc3-c3ccccc31)c1cc(C3CO3)ccc1-2. The molecule has 0 saturated carbocycles. The summed E-state index contributed by atoms with van der Waals surface area (Å²) in [6.45, 7) is 0.740. The summed E-state index contributed by atoms with van der Waals surface area (Å²) in [5.74, 6) is 0.0189. The molecule has 1 aliphatic heterocycles. The third-order valence-electron chi connectivity index (χ3n) is 19.4. The van der Waals surface area contributed by atoms with Gasteiger partial charge in [0.1, 0.15) is 6.10 Å². The lowest BCUT2D eigenvalue weighted by Crippen LogP contribution is -2.28. The lowest BCUT2D eigenvalue weighted by atomic mass is 9.68. The normalized spacial score (nSPS) is 16.7. The van der Waals surface area contributed by atoms with E-state index in [1.807, 2.05) is 0 Å². The molecular weight excluding hydrogens is 985 g/mol. The Bertz CT molecular complexity index is 4790. The first-order chi connectivity index (χ1) is 40.1. The van der Waals surface area contributed by atoms with Gasteiger partial charge >= 0.3 is 0 Å². The van der Waals surface area contributed by atoms with Crippen LogP contribution in [0.1, 0.15) is 84.9 Å². The highest BCUT2D eigenvalue weighted by Gasteiger charge is 2.55. The molecule has 4 heteroatoms. The van der Waals surface area contributed by atoms with E-state index in [2.05, 4.69) is 258 Å². The summed E-state index contributed by atoms with van der Waals surface area (Å²) in [6, 6.07) is 87.5. The second kappa shape index (κ2) is 15.7. The maximum atomic E-state index is 16.0. The van der Waals surface area contributed by atoms with Crippen LogP contribution in [0, 0.1) is 0 Å². The zero-order valence-electron chi connectivity index (χ0n) is 44.1. The van der Waals surface area contributed by atoms with Crippen LogP contribution in [0.25, 0.3) is 93.9 Å². The number of fused-ring (bicyclic) bond motifs is 25. The number of epoxide rings is 1. The molecular formula is C77H48N2O2. The van der Waals surface area contributed by atoms with Gasteiger partial charge in [-0.15, -0.1) is 0 Å². The topological polar surface area (TPSA) is 39.5 Å². The predicted molar refractivity (Wildman–Crippen MR) is 327 cm³/mol. The minimum Gasteiger partial charge on any atom is -0.368 e. The Labute approximate surface area is 467 Å². The molecule has 6 aliphatic rings. The molecule has 1 unspecified atom stereocenters. The Kier molecular flexibility index (Phi) is 8.53. The van der Waals surface area contributed by atoms with Crippen molar-refractivity contribution in [3.8, 4) is 44.8 Å². The fourth-order valence-electron chi connectivity index (χ4n) is 16.2. The summed E-state index contributed by atoms with van der Waals surface area (Å²) in [7, 11) is 0. The molecule has 0 radical (unpaired) electrons. The van der Waals surface area contributed by atoms with Crippen LogP contribution in [0.2, 0.25) is 0 Å². The van der Waals surface area contributed by atoms with E-state index in [1.54, 1.807) is 0 Å². The van der Waals surface area contributed by atoms with Crippen molar-refractivity contribution in [2.24, 2.45) is 0 Å². The summed E-state index contributed by atoms with van der Waals surface area (Å²) in [4.78, 5) is 16.0. The summed E-state index contributed by atoms with van der Waals surface area (Å²) in [5.41, 5.74) is 28.0. The van der Waals surface area contributed by atoms with E-state index in [0.717, 1.165) is 36.4 Å². The minimum absolute atomic E-state index is 0.0189. The van der Waals surface area contributed by atoms with Gasteiger partial charge in [0.05, 0.1) is 39.5 Å². The van der Waals surface area contributed by atoms with Crippen molar-refractivity contribution in [2.75, 3.05) is 6.61 Å². The van der Waals surface area contributed by atoms with Gasteiger partial charge in [0.15, 0.2) is 5.78 Å². The van der Waals surface area contributed by atoms with E-state index in [1.165, 1.54) is 133 Å². The lowest BCUT2D eigenvalue weighted by molar-refractivity contribution is 0.103. The lowest BCUT2D eigenvalue weighted by Gasteiger charge is -2.33. The van der Waals surface area contributed by atoms with Gasteiger partial charge in [0, 0.05) is 44.0 Å². The quantitative estimate of drug-likeness (QED) is 0.127. The number of ether oxygens (including phenoxy) is 1. The third-order valence-corrected chi connectivity index (χ3v) is 19.4. The van der Waals surface area contributed by atoms with Gasteiger partial charge in [-0.3, -0.25) is 4.79 Å². The summed E-state index contributed by atoms with van der Waals surface area (Å²) in [5, 5.41) is 4.93. The van der Waals surface area contributed by atoms with Crippen LogP contribution in [0.3, 0.4) is 0 Å². The van der Waals surface area contributed by atoms with Crippen molar-refractivity contribution in [2.45, 2.75) is 29.8 Å². The molecule has 378 valence electrons. The highest BCUT2D eigenvalue weighted by molar-refractivity contribution is 6.13. The molecule has 19 rings (SSSR count). The minimum atomic E-state index is -0.740. The second-order valence-electron chi connectivity index (χ2n) is 23.1. The van der Waals surface area contributed by atoms with E-state index in [0.29, 0.717) is 11.1 Å². The van der Waals surface area contributed by atoms with Gasteiger partial charge in [-0.2, -0.15) is 0 Å². The van der Waals surface area contributed by atoms with Crippen LogP contribution in [-0.4, -0.2) is 21.5 Å².